The van der Waals surface area contributed by atoms with Crippen LogP contribution >= 0.6 is 0 Å². The molecule has 1 aliphatic rings. The van der Waals surface area contributed by atoms with E-state index in [1.807, 2.05) is 18.2 Å². The minimum absolute atomic E-state index is 0.516. The first kappa shape index (κ1) is 21.2. The summed E-state index contributed by atoms with van der Waals surface area (Å²) in [6.45, 7) is 7.27. The SMILES string of the molecule is COc1ccc(OC)c(CC2=Nc3ccc(C(C)C)cc3CN2CCN(C)C)c1. The minimum Gasteiger partial charge on any atom is -0.497 e. The molecule has 2 aromatic carbocycles. The fraction of sp³-hybridized carbons (Fsp3) is 0.458. The third-order valence-electron chi connectivity index (χ3n) is 5.40. The van der Waals surface area contributed by atoms with Crippen molar-refractivity contribution in [1.29, 1.82) is 0 Å². The Morgan fingerprint density at radius 2 is 1.86 bits per heavy atom. The van der Waals surface area contributed by atoms with Gasteiger partial charge in [-0.1, -0.05) is 26.0 Å². The summed E-state index contributed by atoms with van der Waals surface area (Å²) in [6, 6.07) is 12.6. The number of benzene rings is 2. The Balaban J connectivity index is 1.96. The molecule has 3 rings (SSSR count). The number of likely N-dealkylation sites (N-methyl/N-ethyl adjacent to an activating group) is 1. The van der Waals surface area contributed by atoms with Gasteiger partial charge in [-0.15, -0.1) is 0 Å². The number of fused-ring (bicyclic) bond motifs is 1. The van der Waals surface area contributed by atoms with Crippen molar-refractivity contribution >= 4 is 11.5 Å². The quantitative estimate of drug-likeness (QED) is 0.661. The van der Waals surface area contributed by atoms with Crippen molar-refractivity contribution in [2.75, 3.05) is 41.4 Å². The number of hydrogen-bond acceptors (Lipinski definition) is 5. The van der Waals surface area contributed by atoms with Crippen molar-refractivity contribution in [3.05, 3.63) is 53.1 Å². The standard InChI is InChI=1S/C24H33N3O2/c1-17(2)18-7-9-22-20(13-18)16-27(12-11-26(3)4)24(25-22)15-19-14-21(28-5)8-10-23(19)29-6/h7-10,13-14,17H,11-12,15-16H2,1-6H3. The van der Waals surface area contributed by atoms with E-state index in [0.717, 1.165) is 48.2 Å². The van der Waals surface area contributed by atoms with Crippen LogP contribution < -0.4 is 9.47 Å². The smallest absolute Gasteiger partial charge is 0.122 e. The van der Waals surface area contributed by atoms with Crippen LogP contribution in [0.5, 0.6) is 11.5 Å². The van der Waals surface area contributed by atoms with E-state index >= 15 is 0 Å². The van der Waals surface area contributed by atoms with Gasteiger partial charge in [0.25, 0.3) is 0 Å². The molecule has 0 saturated heterocycles. The van der Waals surface area contributed by atoms with Crippen molar-refractivity contribution in [2.45, 2.75) is 32.7 Å². The molecule has 29 heavy (non-hydrogen) atoms. The number of methoxy groups -OCH3 is 2. The van der Waals surface area contributed by atoms with Crippen LogP contribution in [0.4, 0.5) is 5.69 Å². The second kappa shape index (κ2) is 9.31. The van der Waals surface area contributed by atoms with E-state index < -0.39 is 0 Å². The summed E-state index contributed by atoms with van der Waals surface area (Å²) < 4.78 is 11.0. The molecule has 156 valence electrons. The predicted octanol–water partition coefficient (Wildman–Crippen LogP) is 4.48. The maximum atomic E-state index is 5.59. The first-order chi connectivity index (χ1) is 13.9. The van der Waals surface area contributed by atoms with Crippen LogP contribution in [-0.4, -0.2) is 57.0 Å². The zero-order valence-electron chi connectivity index (χ0n) is 18.5. The number of hydrogen-bond donors (Lipinski definition) is 0. The molecule has 0 bridgehead atoms. The van der Waals surface area contributed by atoms with Crippen LogP contribution in [0, 0.1) is 0 Å². The van der Waals surface area contributed by atoms with Crippen LogP contribution in [0.25, 0.3) is 0 Å². The second-order valence-electron chi connectivity index (χ2n) is 8.15. The van der Waals surface area contributed by atoms with E-state index in [-0.39, 0.29) is 0 Å². The van der Waals surface area contributed by atoms with Gasteiger partial charge in [-0.3, -0.25) is 0 Å². The van der Waals surface area contributed by atoms with Gasteiger partial charge in [-0.25, -0.2) is 4.99 Å². The van der Waals surface area contributed by atoms with Crippen molar-refractivity contribution in [2.24, 2.45) is 4.99 Å². The molecule has 5 nitrogen and oxygen atoms in total. The Morgan fingerprint density at radius 1 is 1.07 bits per heavy atom. The summed E-state index contributed by atoms with van der Waals surface area (Å²) in [7, 11) is 7.61. The summed E-state index contributed by atoms with van der Waals surface area (Å²) in [4.78, 5) is 9.67. The number of ether oxygens (including phenoxy) is 2. The molecule has 0 fully saturated rings. The number of amidine groups is 1. The molecular formula is C24H33N3O2. The van der Waals surface area contributed by atoms with E-state index in [1.165, 1.54) is 11.1 Å². The zero-order valence-corrected chi connectivity index (χ0v) is 18.5. The molecule has 0 saturated carbocycles. The van der Waals surface area contributed by atoms with E-state index in [2.05, 4.69) is 55.9 Å². The third-order valence-corrected chi connectivity index (χ3v) is 5.40. The number of rotatable bonds is 8. The highest BCUT2D eigenvalue weighted by Crippen LogP contribution is 2.32. The lowest BCUT2D eigenvalue weighted by Crippen LogP contribution is -2.38. The van der Waals surface area contributed by atoms with Gasteiger partial charge in [-0.05, 0) is 55.4 Å². The Kier molecular flexibility index (Phi) is 6.80. The summed E-state index contributed by atoms with van der Waals surface area (Å²) in [5.41, 5.74) is 4.83. The maximum absolute atomic E-state index is 5.59. The molecule has 1 aliphatic heterocycles. The van der Waals surface area contributed by atoms with Gasteiger partial charge in [0.15, 0.2) is 0 Å². The Bertz CT molecular complexity index is 874. The zero-order chi connectivity index (χ0) is 21.0. The fourth-order valence-corrected chi connectivity index (χ4v) is 3.58. The Labute approximate surface area is 175 Å². The highest BCUT2D eigenvalue weighted by atomic mass is 16.5. The monoisotopic (exact) mass is 395 g/mol. The molecule has 1 heterocycles. The summed E-state index contributed by atoms with van der Waals surface area (Å²) in [6.07, 6.45) is 0.708. The van der Waals surface area contributed by atoms with Gasteiger partial charge in [0.2, 0.25) is 0 Å². The molecule has 0 radical (unpaired) electrons. The first-order valence-corrected chi connectivity index (χ1v) is 10.2. The van der Waals surface area contributed by atoms with Crippen LogP contribution in [0.2, 0.25) is 0 Å². The molecule has 0 amide bonds. The van der Waals surface area contributed by atoms with Crippen LogP contribution in [0.1, 0.15) is 36.5 Å². The normalized spacial score (nSPS) is 13.5. The molecular weight excluding hydrogens is 362 g/mol. The first-order valence-electron chi connectivity index (χ1n) is 10.2. The van der Waals surface area contributed by atoms with E-state index in [4.69, 9.17) is 14.5 Å². The van der Waals surface area contributed by atoms with Crippen LogP contribution in [-0.2, 0) is 13.0 Å². The van der Waals surface area contributed by atoms with Gasteiger partial charge in [0.05, 0.1) is 19.9 Å². The molecule has 0 spiro atoms. The number of aliphatic imine (C=N–C) groups is 1. The van der Waals surface area contributed by atoms with Crippen molar-refractivity contribution in [3.63, 3.8) is 0 Å². The lowest BCUT2D eigenvalue weighted by Gasteiger charge is -2.32. The largest absolute Gasteiger partial charge is 0.497 e. The fourth-order valence-electron chi connectivity index (χ4n) is 3.58. The highest BCUT2D eigenvalue weighted by Gasteiger charge is 2.22. The Hall–Kier alpha value is -2.53. The third kappa shape index (κ3) is 5.10. The second-order valence-corrected chi connectivity index (χ2v) is 8.15. The maximum Gasteiger partial charge on any atom is 0.122 e. The van der Waals surface area contributed by atoms with E-state index in [1.54, 1.807) is 14.2 Å². The van der Waals surface area contributed by atoms with Crippen molar-refractivity contribution in [1.82, 2.24) is 9.80 Å². The number of nitrogens with zero attached hydrogens (tertiary/aromatic N) is 3. The molecule has 0 atom stereocenters. The van der Waals surface area contributed by atoms with Gasteiger partial charge < -0.3 is 19.3 Å². The molecule has 2 aromatic rings. The highest BCUT2D eigenvalue weighted by molar-refractivity contribution is 5.89. The summed E-state index contributed by atoms with van der Waals surface area (Å²) in [5, 5.41) is 0. The van der Waals surface area contributed by atoms with E-state index in [0.29, 0.717) is 12.3 Å². The minimum atomic E-state index is 0.516. The molecule has 0 aliphatic carbocycles. The molecule has 0 aromatic heterocycles. The Morgan fingerprint density at radius 3 is 2.52 bits per heavy atom. The van der Waals surface area contributed by atoms with Crippen LogP contribution in [0.3, 0.4) is 0 Å². The average molecular weight is 396 g/mol. The molecule has 0 unspecified atom stereocenters. The van der Waals surface area contributed by atoms with E-state index in [9.17, 15) is 0 Å². The predicted molar refractivity (Wildman–Crippen MR) is 120 cm³/mol. The van der Waals surface area contributed by atoms with Crippen molar-refractivity contribution < 1.29 is 9.47 Å². The van der Waals surface area contributed by atoms with Gasteiger partial charge in [0, 0.05) is 31.6 Å². The molecule has 5 heteroatoms. The van der Waals surface area contributed by atoms with Gasteiger partial charge in [0.1, 0.15) is 17.3 Å². The summed E-state index contributed by atoms with van der Waals surface area (Å²) in [5.74, 6) is 3.28. The van der Waals surface area contributed by atoms with Crippen LogP contribution in [0.15, 0.2) is 41.4 Å². The van der Waals surface area contributed by atoms with Crippen molar-refractivity contribution in [3.8, 4) is 11.5 Å². The lowest BCUT2D eigenvalue weighted by molar-refractivity contribution is 0.319. The molecule has 0 N–H and O–H groups in total. The average Bonchev–Trinajstić information content (AvgIpc) is 2.71. The van der Waals surface area contributed by atoms with Gasteiger partial charge >= 0.3 is 0 Å². The summed E-state index contributed by atoms with van der Waals surface area (Å²) >= 11 is 0. The topological polar surface area (TPSA) is 37.3 Å². The lowest BCUT2D eigenvalue weighted by atomic mass is 9.98. The van der Waals surface area contributed by atoms with Gasteiger partial charge in [-0.2, -0.15) is 0 Å².